The average Bonchev–Trinajstić information content (AvgIpc) is 0.918. The van der Waals surface area contributed by atoms with E-state index >= 15 is 0 Å². The van der Waals surface area contributed by atoms with Gasteiger partial charge in [0.1, 0.15) is 0 Å². The van der Waals surface area contributed by atoms with Crippen molar-refractivity contribution in [1.82, 2.24) is 0 Å². The maximum Gasteiger partial charge on any atom is 1.00 e. The fraction of sp³-hybridized carbons (Fsp3) is 1.00. The molecule has 0 aliphatic heterocycles. The first-order valence-electron chi connectivity index (χ1n) is 1.02. The Bertz CT molecular complexity index is 11.5. The maximum absolute atomic E-state index is 7.57. The van der Waals surface area contributed by atoms with Crippen LogP contribution in [0.4, 0.5) is 0 Å². The number of hydrogen-bond donors (Lipinski definition) is 1. The van der Waals surface area contributed by atoms with Gasteiger partial charge in [-0.15, -0.1) is 0 Å². The van der Waals surface area contributed by atoms with Crippen molar-refractivity contribution < 1.29 is 63.4 Å². The van der Waals surface area contributed by atoms with Crippen molar-refractivity contribution in [2.24, 2.45) is 0 Å². The molecule has 0 unspecified atom stereocenters. The molecule has 0 aromatic rings. The summed E-state index contributed by atoms with van der Waals surface area (Å²) in [5.41, 5.74) is 0. The standard InChI is InChI=1S/C2H6O.K.H2O.H/c1-2-3;;;/h3H,2H2,1H3;;1H2;/q;+1;;-1. The summed E-state index contributed by atoms with van der Waals surface area (Å²) < 4.78 is 0. The van der Waals surface area contributed by atoms with E-state index in [0.717, 1.165) is 0 Å². The molecule has 0 heterocycles. The smallest absolute Gasteiger partial charge is 1.00 e. The molecule has 30 valence electrons. The number of aliphatic hydroxyl groups is 1. The van der Waals surface area contributed by atoms with Crippen molar-refractivity contribution in [3.63, 3.8) is 0 Å². The van der Waals surface area contributed by atoms with Crippen LogP contribution in [0.1, 0.15) is 8.35 Å². The van der Waals surface area contributed by atoms with Gasteiger partial charge < -0.3 is 12.0 Å². The predicted octanol–water partition coefficient (Wildman–Crippen LogP) is -3.71. The molecule has 0 rings (SSSR count). The summed E-state index contributed by atoms with van der Waals surface area (Å²) >= 11 is 0. The minimum atomic E-state index is 0. The molecule has 0 saturated carbocycles. The Kier molecular flexibility index (Phi) is 56.5. The van der Waals surface area contributed by atoms with Crippen LogP contribution < -0.4 is 51.4 Å². The van der Waals surface area contributed by atoms with Gasteiger partial charge in [-0.1, -0.05) is 0 Å². The molecule has 0 aromatic carbocycles. The van der Waals surface area contributed by atoms with Crippen molar-refractivity contribution >= 4 is 0 Å². The Morgan fingerprint density at radius 1 is 1.80 bits per heavy atom. The minimum Gasteiger partial charge on any atom is -1.00 e. The Labute approximate surface area is 75.8 Å². The quantitative estimate of drug-likeness (QED) is 0.316. The van der Waals surface area contributed by atoms with E-state index < -0.39 is 0 Å². The molecule has 2 nitrogen and oxygen atoms in total. The number of rotatable bonds is 0. The van der Waals surface area contributed by atoms with E-state index in [9.17, 15) is 0 Å². The zero-order valence-electron chi connectivity index (χ0n) is 4.65. The van der Waals surface area contributed by atoms with Crippen molar-refractivity contribution in [3.8, 4) is 0 Å². The zero-order valence-corrected chi connectivity index (χ0v) is 6.78. The summed E-state index contributed by atoms with van der Waals surface area (Å²) in [5, 5.41) is 7.57. The molecule has 0 fully saturated rings. The predicted molar refractivity (Wildman–Crippen MR) is 17.5 cm³/mol. The summed E-state index contributed by atoms with van der Waals surface area (Å²) in [6.45, 7) is 1.93. The zero-order chi connectivity index (χ0) is 2.71. The van der Waals surface area contributed by atoms with Crippen molar-refractivity contribution in [2.45, 2.75) is 6.92 Å². The molecule has 0 spiro atoms. The second kappa shape index (κ2) is 17.7. The molecular weight excluding hydrogens is 95.1 g/mol. The van der Waals surface area contributed by atoms with E-state index in [2.05, 4.69) is 0 Å². The summed E-state index contributed by atoms with van der Waals surface area (Å²) in [4.78, 5) is 0. The molecule has 0 aliphatic carbocycles. The van der Waals surface area contributed by atoms with Gasteiger partial charge in [-0.3, -0.25) is 0 Å². The van der Waals surface area contributed by atoms with E-state index in [1.54, 1.807) is 6.92 Å². The third kappa shape index (κ3) is 29.0. The second-order valence-electron chi connectivity index (χ2n) is 0.316. The second-order valence-corrected chi connectivity index (χ2v) is 0.316. The molecule has 0 radical (unpaired) electrons. The fourth-order valence-electron chi connectivity index (χ4n) is 0. The third-order valence-electron chi connectivity index (χ3n) is 0. The van der Waals surface area contributed by atoms with Gasteiger partial charge in [0.2, 0.25) is 0 Å². The first kappa shape index (κ1) is 16.0. The first-order valence-corrected chi connectivity index (χ1v) is 1.02. The van der Waals surface area contributed by atoms with E-state index in [4.69, 9.17) is 5.11 Å². The van der Waals surface area contributed by atoms with Gasteiger partial charge in [0, 0.05) is 6.61 Å². The van der Waals surface area contributed by atoms with Crippen LogP contribution >= 0.6 is 0 Å². The maximum atomic E-state index is 7.57. The molecule has 0 bridgehead atoms. The van der Waals surface area contributed by atoms with Crippen LogP contribution in [0.15, 0.2) is 0 Å². The van der Waals surface area contributed by atoms with E-state index in [1.807, 2.05) is 0 Å². The van der Waals surface area contributed by atoms with Crippen LogP contribution in [0, 0.1) is 0 Å². The number of hydrogen-bond acceptors (Lipinski definition) is 1. The fourth-order valence-corrected chi connectivity index (χ4v) is 0. The molecule has 0 saturated heterocycles. The molecule has 0 atom stereocenters. The first-order chi connectivity index (χ1) is 1.41. The van der Waals surface area contributed by atoms with E-state index in [1.165, 1.54) is 0 Å². The van der Waals surface area contributed by atoms with Gasteiger partial charge in [-0.05, 0) is 6.92 Å². The van der Waals surface area contributed by atoms with E-state index in [0.29, 0.717) is 0 Å². The van der Waals surface area contributed by atoms with Gasteiger partial charge in [-0.2, -0.15) is 0 Å². The number of aliphatic hydroxyl groups excluding tert-OH is 1. The largest absolute Gasteiger partial charge is 1.00 e. The molecule has 0 aliphatic rings. The van der Waals surface area contributed by atoms with Crippen LogP contribution in [-0.4, -0.2) is 17.2 Å². The third-order valence-corrected chi connectivity index (χ3v) is 0. The van der Waals surface area contributed by atoms with Gasteiger partial charge in [-0.25, -0.2) is 0 Å². The van der Waals surface area contributed by atoms with Gasteiger partial charge in [0.15, 0.2) is 0 Å². The van der Waals surface area contributed by atoms with Gasteiger partial charge >= 0.3 is 51.4 Å². The summed E-state index contributed by atoms with van der Waals surface area (Å²) in [6.07, 6.45) is 0. The molecule has 5 heavy (non-hydrogen) atoms. The molecule has 0 aromatic heterocycles. The van der Waals surface area contributed by atoms with Crippen molar-refractivity contribution in [1.29, 1.82) is 0 Å². The van der Waals surface area contributed by atoms with Crippen LogP contribution in [0.5, 0.6) is 0 Å². The monoisotopic (exact) mass is 104 g/mol. The summed E-state index contributed by atoms with van der Waals surface area (Å²) in [6, 6.07) is 0. The Morgan fingerprint density at radius 2 is 1.80 bits per heavy atom. The SMILES string of the molecule is CCO.O.[H-].[K+]. The average molecular weight is 104 g/mol. The van der Waals surface area contributed by atoms with Crippen molar-refractivity contribution in [3.05, 3.63) is 0 Å². The van der Waals surface area contributed by atoms with Gasteiger partial charge in [0.25, 0.3) is 0 Å². The summed E-state index contributed by atoms with van der Waals surface area (Å²) in [5.74, 6) is 0. The molecule has 3 heteroatoms. The van der Waals surface area contributed by atoms with E-state index in [-0.39, 0.29) is 64.9 Å². The molecule has 0 amide bonds. The van der Waals surface area contributed by atoms with Crippen LogP contribution in [0.25, 0.3) is 0 Å². The van der Waals surface area contributed by atoms with Crippen LogP contribution in [0.3, 0.4) is 0 Å². The summed E-state index contributed by atoms with van der Waals surface area (Å²) in [7, 11) is 0. The normalized spacial score (nSPS) is 3.60. The topological polar surface area (TPSA) is 51.7 Å². The molecule has 3 N–H and O–H groups in total. The van der Waals surface area contributed by atoms with Gasteiger partial charge in [0.05, 0.1) is 0 Å². The Morgan fingerprint density at radius 3 is 1.80 bits per heavy atom. The van der Waals surface area contributed by atoms with Crippen LogP contribution in [-0.2, 0) is 0 Å². The van der Waals surface area contributed by atoms with Crippen molar-refractivity contribution in [2.75, 3.05) is 6.61 Å². The minimum absolute atomic E-state index is 0. The molecular formula is C2H9KO2. The van der Waals surface area contributed by atoms with Crippen LogP contribution in [0.2, 0.25) is 0 Å². The Balaban J connectivity index is -0.00000000667. The Hall–Kier alpha value is 1.56.